The lowest BCUT2D eigenvalue weighted by molar-refractivity contribution is -0.123. The Labute approximate surface area is 189 Å². The highest BCUT2D eigenvalue weighted by molar-refractivity contribution is 8.26. The smallest absolute Gasteiger partial charge is 0.266 e. The molecular weight excluding hydrogens is 436 g/mol. The van der Waals surface area contributed by atoms with Crippen LogP contribution in [0, 0.1) is 0 Å². The Morgan fingerprint density at radius 1 is 1.26 bits per heavy atom. The molecule has 0 saturated carbocycles. The second kappa shape index (κ2) is 9.40. The summed E-state index contributed by atoms with van der Waals surface area (Å²) >= 11 is 6.60. The van der Waals surface area contributed by atoms with Crippen LogP contribution in [0.15, 0.2) is 47.4 Å². The number of fused-ring (bicyclic) bond motifs is 1. The molecule has 0 spiro atoms. The van der Waals surface area contributed by atoms with Gasteiger partial charge in [0.25, 0.3) is 5.91 Å². The number of methoxy groups -OCH3 is 1. The zero-order valence-corrected chi connectivity index (χ0v) is 18.4. The van der Waals surface area contributed by atoms with E-state index < -0.39 is 0 Å². The van der Waals surface area contributed by atoms with Gasteiger partial charge in [-0.15, -0.1) is 0 Å². The van der Waals surface area contributed by atoms with Gasteiger partial charge in [-0.1, -0.05) is 42.2 Å². The first-order valence-electron chi connectivity index (χ1n) is 9.58. The summed E-state index contributed by atoms with van der Waals surface area (Å²) in [6, 6.07) is 12.9. The van der Waals surface area contributed by atoms with Crippen molar-refractivity contribution in [2.45, 2.75) is 6.42 Å². The summed E-state index contributed by atoms with van der Waals surface area (Å²) in [5, 5.41) is 2.84. The van der Waals surface area contributed by atoms with E-state index in [0.29, 0.717) is 39.6 Å². The van der Waals surface area contributed by atoms with Crippen LogP contribution in [0.4, 0.5) is 0 Å². The fraction of sp³-hybridized carbons (Fsp3) is 0.227. The molecule has 31 heavy (non-hydrogen) atoms. The van der Waals surface area contributed by atoms with Crippen molar-refractivity contribution in [1.82, 2.24) is 10.2 Å². The van der Waals surface area contributed by atoms with E-state index in [0.717, 1.165) is 11.1 Å². The van der Waals surface area contributed by atoms with Crippen molar-refractivity contribution in [1.29, 1.82) is 0 Å². The molecule has 2 amide bonds. The van der Waals surface area contributed by atoms with E-state index >= 15 is 0 Å². The van der Waals surface area contributed by atoms with E-state index in [-0.39, 0.29) is 25.0 Å². The molecule has 1 saturated heterocycles. The number of nitrogens with one attached hydrogen (secondary N) is 1. The highest BCUT2D eigenvalue weighted by atomic mass is 32.2. The third-order valence-electron chi connectivity index (χ3n) is 4.72. The number of carbonyl (C=O) groups excluding carboxylic acids is 2. The molecule has 9 heteroatoms. The molecule has 0 unspecified atom stereocenters. The number of thiocarbonyl (C=S) groups is 1. The first-order valence-corrected chi connectivity index (χ1v) is 10.8. The number of amides is 2. The van der Waals surface area contributed by atoms with Gasteiger partial charge in [0.2, 0.25) is 12.7 Å². The van der Waals surface area contributed by atoms with Crippen molar-refractivity contribution in [2.75, 3.05) is 27.0 Å². The number of hydrogen-bond acceptors (Lipinski definition) is 7. The average molecular weight is 457 g/mol. The molecule has 2 heterocycles. The summed E-state index contributed by atoms with van der Waals surface area (Å²) in [6.07, 6.45) is 2.02. The number of ether oxygens (including phenoxy) is 3. The van der Waals surface area contributed by atoms with E-state index in [1.165, 1.54) is 16.7 Å². The summed E-state index contributed by atoms with van der Waals surface area (Å²) in [4.78, 5) is 27.0. The van der Waals surface area contributed by atoms with E-state index in [1.807, 2.05) is 42.5 Å². The fourth-order valence-electron chi connectivity index (χ4n) is 3.18. The van der Waals surface area contributed by atoms with Crippen molar-refractivity contribution in [3.8, 4) is 17.2 Å². The lowest BCUT2D eigenvalue weighted by Gasteiger charge is -2.15. The van der Waals surface area contributed by atoms with Crippen LogP contribution in [0.2, 0.25) is 0 Å². The summed E-state index contributed by atoms with van der Waals surface area (Å²) < 4.78 is 16.3. The number of thioether (sulfide) groups is 1. The van der Waals surface area contributed by atoms with E-state index in [2.05, 4.69) is 5.32 Å². The molecule has 0 aliphatic carbocycles. The Bertz CT molecular complexity index is 1070. The lowest BCUT2D eigenvalue weighted by atomic mass is 10.1. The molecule has 4 rings (SSSR count). The molecule has 2 aliphatic heterocycles. The SMILES string of the molecule is COc1cccc(CC(=O)NCCN2C(=O)/C(=C\c3ccc4c(c3)OCO4)SC2=S)c1. The van der Waals surface area contributed by atoms with Crippen LogP contribution in [-0.2, 0) is 16.0 Å². The molecule has 2 aliphatic rings. The predicted octanol–water partition coefficient (Wildman–Crippen LogP) is 2.98. The number of nitrogens with zero attached hydrogens (tertiary/aromatic N) is 1. The highest BCUT2D eigenvalue weighted by Gasteiger charge is 2.31. The van der Waals surface area contributed by atoms with Crippen LogP contribution in [0.1, 0.15) is 11.1 Å². The zero-order chi connectivity index (χ0) is 21.8. The highest BCUT2D eigenvalue weighted by Crippen LogP contribution is 2.36. The summed E-state index contributed by atoms with van der Waals surface area (Å²) in [6.45, 7) is 0.823. The molecule has 7 nitrogen and oxygen atoms in total. The summed E-state index contributed by atoms with van der Waals surface area (Å²) in [5.74, 6) is 1.75. The van der Waals surface area contributed by atoms with Gasteiger partial charge in [0.05, 0.1) is 18.4 Å². The molecule has 0 atom stereocenters. The van der Waals surface area contributed by atoms with Crippen molar-refractivity contribution in [3.63, 3.8) is 0 Å². The van der Waals surface area contributed by atoms with Crippen molar-refractivity contribution in [3.05, 3.63) is 58.5 Å². The molecule has 2 aromatic carbocycles. The molecule has 1 fully saturated rings. The summed E-state index contributed by atoms with van der Waals surface area (Å²) in [5.41, 5.74) is 1.69. The molecule has 0 bridgehead atoms. The first-order chi connectivity index (χ1) is 15.0. The molecule has 0 radical (unpaired) electrons. The molecule has 160 valence electrons. The minimum Gasteiger partial charge on any atom is -0.497 e. The normalized spacial score (nSPS) is 16.2. The van der Waals surface area contributed by atoms with Crippen molar-refractivity contribution < 1.29 is 23.8 Å². The minimum atomic E-state index is -0.172. The van der Waals surface area contributed by atoms with Gasteiger partial charge in [0.1, 0.15) is 10.1 Å². The predicted molar refractivity (Wildman–Crippen MR) is 122 cm³/mol. The largest absolute Gasteiger partial charge is 0.497 e. The quantitative estimate of drug-likeness (QED) is 0.507. The fourth-order valence-corrected chi connectivity index (χ4v) is 4.49. The van der Waals surface area contributed by atoms with Gasteiger partial charge < -0.3 is 19.5 Å². The third-order valence-corrected chi connectivity index (χ3v) is 6.10. The average Bonchev–Trinajstić information content (AvgIpc) is 3.33. The van der Waals surface area contributed by atoms with Gasteiger partial charge >= 0.3 is 0 Å². The van der Waals surface area contributed by atoms with Crippen molar-refractivity contribution in [2.24, 2.45) is 0 Å². The topological polar surface area (TPSA) is 77.1 Å². The Hall–Kier alpha value is -3.04. The van der Waals surface area contributed by atoms with Crippen molar-refractivity contribution >= 4 is 46.2 Å². The van der Waals surface area contributed by atoms with E-state index in [9.17, 15) is 9.59 Å². The van der Waals surface area contributed by atoms with Crippen LogP contribution < -0.4 is 19.5 Å². The Kier molecular flexibility index (Phi) is 6.43. The van der Waals surface area contributed by atoms with Gasteiger partial charge in [-0.05, 0) is 41.5 Å². The standard InChI is InChI=1S/C22H20N2O5S2/c1-27-16-4-2-3-14(9-16)12-20(25)23-7-8-24-21(26)19(31-22(24)30)11-15-5-6-17-18(10-15)29-13-28-17/h2-6,9-11H,7-8,12-13H2,1H3,(H,23,25)/b19-11+. The van der Waals surface area contributed by atoms with E-state index in [4.69, 9.17) is 26.4 Å². The number of benzene rings is 2. The maximum Gasteiger partial charge on any atom is 0.266 e. The Morgan fingerprint density at radius 3 is 2.94 bits per heavy atom. The Balaban J connectivity index is 1.31. The number of hydrogen-bond donors (Lipinski definition) is 1. The zero-order valence-electron chi connectivity index (χ0n) is 16.8. The molecule has 0 aromatic heterocycles. The van der Waals surface area contributed by atoms with Gasteiger partial charge in [-0.3, -0.25) is 14.5 Å². The van der Waals surface area contributed by atoms with Gasteiger partial charge in [0.15, 0.2) is 11.5 Å². The lowest BCUT2D eigenvalue weighted by Crippen LogP contribution is -2.37. The summed E-state index contributed by atoms with van der Waals surface area (Å²) in [7, 11) is 1.59. The molecule has 2 aromatic rings. The van der Waals surface area contributed by atoms with Crippen LogP contribution in [0.3, 0.4) is 0 Å². The van der Waals surface area contributed by atoms with Crippen LogP contribution >= 0.6 is 24.0 Å². The second-order valence-corrected chi connectivity index (χ2v) is 8.50. The minimum absolute atomic E-state index is 0.130. The van der Waals surface area contributed by atoms with Crippen LogP contribution in [0.5, 0.6) is 17.2 Å². The van der Waals surface area contributed by atoms with Gasteiger partial charge in [0, 0.05) is 13.1 Å². The van der Waals surface area contributed by atoms with E-state index in [1.54, 1.807) is 13.2 Å². The molecule has 1 N–H and O–H groups in total. The van der Waals surface area contributed by atoms with Crippen LogP contribution in [0.25, 0.3) is 6.08 Å². The first kappa shape index (κ1) is 21.2. The Morgan fingerprint density at radius 2 is 2.10 bits per heavy atom. The maximum absolute atomic E-state index is 12.8. The van der Waals surface area contributed by atoms with Gasteiger partial charge in [-0.2, -0.15) is 0 Å². The maximum atomic E-state index is 12.8. The number of rotatable bonds is 7. The second-order valence-electron chi connectivity index (χ2n) is 6.82. The monoisotopic (exact) mass is 456 g/mol. The molecular formula is C22H20N2O5S2. The number of carbonyl (C=O) groups is 2. The third kappa shape index (κ3) is 5.00. The van der Waals surface area contributed by atoms with Crippen LogP contribution in [-0.4, -0.2) is 48.0 Å². The van der Waals surface area contributed by atoms with Gasteiger partial charge in [-0.25, -0.2) is 0 Å².